The third-order valence-corrected chi connectivity index (χ3v) is 3.87. The Hall–Kier alpha value is -1.85. The van der Waals surface area contributed by atoms with Crippen molar-refractivity contribution in [2.24, 2.45) is 5.41 Å². The number of fused-ring (bicyclic) bond motifs is 1. The first-order chi connectivity index (χ1) is 8.56. The molecule has 2 aromatic heterocycles. The summed E-state index contributed by atoms with van der Waals surface area (Å²) in [6.07, 6.45) is 5.25. The maximum atomic E-state index is 5.71. The Kier molecular flexibility index (Phi) is 2.39. The van der Waals surface area contributed by atoms with E-state index in [-0.39, 0.29) is 11.4 Å². The Labute approximate surface area is 105 Å². The normalized spacial score (nSPS) is 22.4. The smallest absolute Gasteiger partial charge is 0.224 e. The second kappa shape index (κ2) is 3.83. The van der Waals surface area contributed by atoms with Gasteiger partial charge in [0.25, 0.3) is 0 Å². The summed E-state index contributed by atoms with van der Waals surface area (Å²) in [4.78, 5) is 15.6. The number of hydrogen-bond acceptors (Lipinski definition) is 5. The van der Waals surface area contributed by atoms with Gasteiger partial charge in [0.05, 0.1) is 6.33 Å². The van der Waals surface area contributed by atoms with Crippen LogP contribution in [0.3, 0.4) is 0 Å². The Balaban J connectivity index is 1.97. The van der Waals surface area contributed by atoms with Gasteiger partial charge < -0.3 is 16.0 Å². The Bertz CT molecular complexity index is 573. The molecule has 96 valence electrons. The second-order valence-electron chi connectivity index (χ2n) is 5.61. The van der Waals surface area contributed by atoms with Crippen molar-refractivity contribution in [2.75, 3.05) is 11.1 Å². The summed E-state index contributed by atoms with van der Waals surface area (Å²) >= 11 is 0. The molecule has 18 heavy (non-hydrogen) atoms. The van der Waals surface area contributed by atoms with Crippen LogP contribution < -0.4 is 11.1 Å². The Morgan fingerprint density at radius 3 is 3.00 bits per heavy atom. The lowest BCUT2D eigenvalue weighted by Gasteiger charge is -2.28. The van der Waals surface area contributed by atoms with E-state index in [9.17, 15) is 0 Å². The number of nitrogen functional groups attached to an aromatic ring is 1. The average molecular weight is 246 g/mol. The molecule has 0 amide bonds. The van der Waals surface area contributed by atoms with E-state index in [2.05, 4.69) is 39.1 Å². The minimum Gasteiger partial charge on any atom is -0.368 e. The molecule has 1 fully saturated rings. The topological polar surface area (TPSA) is 92.5 Å². The van der Waals surface area contributed by atoms with Crippen molar-refractivity contribution in [2.45, 2.75) is 39.2 Å². The standard InChI is InChI=1S/C12H18N6/c1-12(2)5-3-4-7(12)16-10-8-9(15-6-14-8)17-11(13)18-10/h6-7H,3-5H2,1-2H3,(H4,13,14,15,16,17,18). The molecule has 1 atom stereocenters. The van der Waals surface area contributed by atoms with E-state index in [0.717, 1.165) is 17.8 Å². The van der Waals surface area contributed by atoms with Gasteiger partial charge in [-0.25, -0.2) is 4.98 Å². The fraction of sp³-hybridized carbons (Fsp3) is 0.583. The molecule has 1 saturated carbocycles. The minimum absolute atomic E-state index is 0.257. The number of aromatic nitrogens is 4. The zero-order valence-electron chi connectivity index (χ0n) is 10.7. The van der Waals surface area contributed by atoms with E-state index >= 15 is 0 Å². The second-order valence-corrected chi connectivity index (χ2v) is 5.61. The number of imidazole rings is 1. The molecular formula is C12H18N6. The lowest BCUT2D eigenvalue weighted by atomic mass is 9.87. The largest absolute Gasteiger partial charge is 0.368 e. The van der Waals surface area contributed by atoms with Gasteiger partial charge in [0, 0.05) is 6.04 Å². The molecule has 2 aromatic rings. The molecule has 1 aliphatic rings. The summed E-state index contributed by atoms with van der Waals surface area (Å²) < 4.78 is 0. The molecule has 3 rings (SSSR count). The molecule has 2 heterocycles. The van der Waals surface area contributed by atoms with E-state index in [4.69, 9.17) is 5.73 Å². The van der Waals surface area contributed by atoms with E-state index in [1.807, 2.05) is 0 Å². The molecule has 1 aliphatic carbocycles. The SMILES string of the molecule is CC1(C)CCCC1Nc1nc(N)nc2nc[nH]c12. The van der Waals surface area contributed by atoms with Gasteiger partial charge >= 0.3 is 0 Å². The molecule has 4 N–H and O–H groups in total. The van der Waals surface area contributed by atoms with Crippen LogP contribution in [0, 0.1) is 5.41 Å². The van der Waals surface area contributed by atoms with Crippen LogP contribution in [0.25, 0.3) is 11.2 Å². The molecule has 0 aromatic carbocycles. The summed E-state index contributed by atoms with van der Waals surface area (Å²) in [5, 5.41) is 3.50. The van der Waals surface area contributed by atoms with Crippen LogP contribution in [0.15, 0.2) is 6.33 Å². The Morgan fingerprint density at radius 2 is 2.28 bits per heavy atom. The number of anilines is 2. The van der Waals surface area contributed by atoms with Crippen molar-refractivity contribution in [1.29, 1.82) is 0 Å². The monoisotopic (exact) mass is 246 g/mol. The van der Waals surface area contributed by atoms with Gasteiger partial charge in [0.15, 0.2) is 11.5 Å². The number of nitrogens with one attached hydrogen (secondary N) is 2. The predicted octanol–water partition coefficient (Wildman–Crippen LogP) is 1.93. The van der Waals surface area contributed by atoms with Gasteiger partial charge in [-0.3, -0.25) is 0 Å². The highest BCUT2D eigenvalue weighted by Gasteiger charge is 2.35. The summed E-state index contributed by atoms with van der Waals surface area (Å²) in [7, 11) is 0. The molecular weight excluding hydrogens is 228 g/mol. The summed E-state index contributed by atoms with van der Waals surface area (Å²) in [5.41, 5.74) is 7.43. The lowest BCUT2D eigenvalue weighted by Crippen LogP contribution is -2.31. The molecule has 1 unspecified atom stereocenters. The number of nitrogens with two attached hydrogens (primary N) is 1. The lowest BCUT2D eigenvalue weighted by molar-refractivity contribution is 0.349. The van der Waals surface area contributed by atoms with Crippen molar-refractivity contribution in [3.8, 4) is 0 Å². The van der Waals surface area contributed by atoms with Crippen molar-refractivity contribution >= 4 is 22.9 Å². The molecule has 6 heteroatoms. The molecule has 0 radical (unpaired) electrons. The number of aromatic amines is 1. The summed E-state index contributed by atoms with van der Waals surface area (Å²) in [6.45, 7) is 4.57. The van der Waals surface area contributed by atoms with E-state index in [1.165, 1.54) is 12.8 Å². The van der Waals surface area contributed by atoms with Gasteiger partial charge in [0.1, 0.15) is 5.52 Å². The first-order valence-corrected chi connectivity index (χ1v) is 6.29. The van der Waals surface area contributed by atoms with Crippen LogP contribution in [-0.4, -0.2) is 26.0 Å². The van der Waals surface area contributed by atoms with E-state index in [0.29, 0.717) is 11.7 Å². The highest BCUT2D eigenvalue weighted by Crippen LogP contribution is 2.39. The first kappa shape index (κ1) is 11.3. The average Bonchev–Trinajstić information content (AvgIpc) is 2.86. The third kappa shape index (κ3) is 1.77. The highest BCUT2D eigenvalue weighted by atomic mass is 15.1. The predicted molar refractivity (Wildman–Crippen MR) is 71.1 cm³/mol. The quantitative estimate of drug-likeness (QED) is 0.753. The number of nitrogens with zero attached hydrogens (tertiary/aromatic N) is 3. The fourth-order valence-corrected chi connectivity index (χ4v) is 2.71. The van der Waals surface area contributed by atoms with Gasteiger partial charge in [-0.15, -0.1) is 0 Å². The highest BCUT2D eigenvalue weighted by molar-refractivity contribution is 5.83. The fourth-order valence-electron chi connectivity index (χ4n) is 2.71. The van der Waals surface area contributed by atoms with Gasteiger partial charge in [-0.1, -0.05) is 20.3 Å². The molecule has 6 nitrogen and oxygen atoms in total. The van der Waals surface area contributed by atoms with Gasteiger partial charge in [0.2, 0.25) is 5.95 Å². The summed E-state index contributed by atoms with van der Waals surface area (Å²) in [6, 6.07) is 0.415. The van der Waals surface area contributed by atoms with Crippen LogP contribution in [0.1, 0.15) is 33.1 Å². The van der Waals surface area contributed by atoms with Crippen LogP contribution >= 0.6 is 0 Å². The van der Waals surface area contributed by atoms with Crippen LogP contribution in [0.5, 0.6) is 0 Å². The molecule has 0 bridgehead atoms. The molecule has 0 saturated heterocycles. The van der Waals surface area contributed by atoms with Crippen molar-refractivity contribution < 1.29 is 0 Å². The number of hydrogen-bond donors (Lipinski definition) is 3. The van der Waals surface area contributed by atoms with Crippen LogP contribution in [0.4, 0.5) is 11.8 Å². The summed E-state index contributed by atoms with van der Waals surface area (Å²) in [5.74, 6) is 1.02. The zero-order chi connectivity index (χ0) is 12.8. The number of H-pyrrole nitrogens is 1. The van der Waals surface area contributed by atoms with E-state index < -0.39 is 0 Å². The van der Waals surface area contributed by atoms with Gasteiger partial charge in [-0.05, 0) is 18.3 Å². The number of rotatable bonds is 2. The Morgan fingerprint density at radius 1 is 1.44 bits per heavy atom. The minimum atomic E-state index is 0.257. The van der Waals surface area contributed by atoms with Gasteiger partial charge in [-0.2, -0.15) is 9.97 Å². The van der Waals surface area contributed by atoms with Crippen LogP contribution in [0.2, 0.25) is 0 Å². The van der Waals surface area contributed by atoms with Crippen molar-refractivity contribution in [1.82, 2.24) is 19.9 Å². The van der Waals surface area contributed by atoms with E-state index in [1.54, 1.807) is 6.33 Å². The molecule has 0 aliphatic heterocycles. The van der Waals surface area contributed by atoms with Crippen LogP contribution in [-0.2, 0) is 0 Å². The van der Waals surface area contributed by atoms with Crippen molar-refractivity contribution in [3.63, 3.8) is 0 Å². The third-order valence-electron chi connectivity index (χ3n) is 3.87. The molecule has 0 spiro atoms. The maximum absolute atomic E-state index is 5.71. The van der Waals surface area contributed by atoms with Crippen molar-refractivity contribution in [3.05, 3.63) is 6.33 Å². The zero-order valence-corrected chi connectivity index (χ0v) is 10.7. The first-order valence-electron chi connectivity index (χ1n) is 6.29. The maximum Gasteiger partial charge on any atom is 0.224 e.